The molecule has 3 aromatic heterocycles. The van der Waals surface area contributed by atoms with Crippen LogP contribution in [0.2, 0.25) is 0 Å². The quantitative estimate of drug-likeness (QED) is 0.773. The van der Waals surface area contributed by atoms with Crippen molar-refractivity contribution in [2.75, 3.05) is 18.1 Å². The molecule has 0 unspecified atom stereocenters. The zero-order valence-electron chi connectivity index (χ0n) is 10.3. The van der Waals surface area contributed by atoms with Crippen LogP contribution in [-0.4, -0.2) is 17.0 Å². The molecule has 0 fully saturated rings. The van der Waals surface area contributed by atoms with Crippen molar-refractivity contribution in [3.63, 3.8) is 0 Å². The predicted molar refractivity (Wildman–Crippen MR) is 82.6 cm³/mol. The third-order valence-electron chi connectivity index (χ3n) is 2.72. The first-order chi connectivity index (χ1) is 9.28. The number of aromatic nitrogens is 2. The molecular weight excluding hydrogens is 276 g/mol. The third kappa shape index (κ3) is 2.32. The molecule has 0 aliphatic heterocycles. The van der Waals surface area contributed by atoms with Gasteiger partial charge in [-0.05, 0) is 18.2 Å². The average Bonchev–Trinajstić information content (AvgIpc) is 3.08. The standard InChI is InChI=1S/C13H12N4S2/c1-15-13-17-10(7-19-13)8-5-11(18-6-8)9-3-2-4-16-12(9)14/h2-7H,1H3,(H2,14,16)(H,15,17). The molecule has 96 valence electrons. The molecule has 3 rings (SSSR count). The van der Waals surface area contributed by atoms with E-state index in [1.165, 1.54) is 0 Å². The van der Waals surface area contributed by atoms with Crippen molar-refractivity contribution >= 4 is 33.6 Å². The number of nitrogen functional groups attached to an aromatic ring is 1. The Morgan fingerprint density at radius 3 is 2.89 bits per heavy atom. The Balaban J connectivity index is 1.97. The highest BCUT2D eigenvalue weighted by molar-refractivity contribution is 7.14. The highest BCUT2D eigenvalue weighted by atomic mass is 32.1. The van der Waals surface area contributed by atoms with Gasteiger partial charge in [0.15, 0.2) is 5.13 Å². The molecule has 0 amide bonds. The maximum atomic E-state index is 5.90. The monoisotopic (exact) mass is 288 g/mol. The van der Waals surface area contributed by atoms with Crippen LogP contribution >= 0.6 is 22.7 Å². The summed E-state index contributed by atoms with van der Waals surface area (Å²) in [6, 6.07) is 5.98. The molecule has 4 nitrogen and oxygen atoms in total. The lowest BCUT2D eigenvalue weighted by Crippen LogP contribution is -1.91. The summed E-state index contributed by atoms with van der Waals surface area (Å²) < 4.78 is 0. The number of hydrogen-bond donors (Lipinski definition) is 2. The van der Waals surface area contributed by atoms with Gasteiger partial charge in [-0.15, -0.1) is 22.7 Å². The molecule has 0 saturated heterocycles. The lowest BCUT2D eigenvalue weighted by molar-refractivity contribution is 1.34. The normalized spacial score (nSPS) is 10.6. The van der Waals surface area contributed by atoms with Gasteiger partial charge in [0.25, 0.3) is 0 Å². The van der Waals surface area contributed by atoms with Crippen LogP contribution in [0, 0.1) is 0 Å². The second-order valence-corrected chi connectivity index (χ2v) is 5.69. The zero-order chi connectivity index (χ0) is 13.2. The summed E-state index contributed by atoms with van der Waals surface area (Å²) >= 11 is 3.25. The number of pyridine rings is 1. The number of anilines is 2. The van der Waals surface area contributed by atoms with Gasteiger partial charge in [0.2, 0.25) is 0 Å². The first-order valence-corrected chi connectivity index (χ1v) is 7.47. The Hall–Kier alpha value is -1.92. The number of hydrogen-bond acceptors (Lipinski definition) is 6. The molecule has 19 heavy (non-hydrogen) atoms. The van der Waals surface area contributed by atoms with Crippen molar-refractivity contribution in [3.05, 3.63) is 35.2 Å². The van der Waals surface area contributed by atoms with Crippen LogP contribution in [0.25, 0.3) is 21.7 Å². The summed E-state index contributed by atoms with van der Waals surface area (Å²) in [6.07, 6.45) is 1.70. The van der Waals surface area contributed by atoms with Crippen molar-refractivity contribution in [3.8, 4) is 21.7 Å². The van der Waals surface area contributed by atoms with E-state index < -0.39 is 0 Å². The number of rotatable bonds is 3. The molecule has 0 aliphatic rings. The van der Waals surface area contributed by atoms with Crippen LogP contribution in [0.1, 0.15) is 0 Å². The van der Waals surface area contributed by atoms with Crippen LogP contribution in [0.4, 0.5) is 10.9 Å². The minimum absolute atomic E-state index is 0.560. The topological polar surface area (TPSA) is 63.8 Å². The van der Waals surface area contributed by atoms with Crippen molar-refractivity contribution in [1.29, 1.82) is 0 Å². The van der Waals surface area contributed by atoms with Crippen molar-refractivity contribution in [2.24, 2.45) is 0 Å². The van der Waals surface area contributed by atoms with E-state index in [9.17, 15) is 0 Å². The van der Waals surface area contributed by atoms with Crippen LogP contribution < -0.4 is 11.1 Å². The minimum Gasteiger partial charge on any atom is -0.383 e. The molecule has 0 bridgehead atoms. The Labute approximate surface area is 119 Å². The highest BCUT2D eigenvalue weighted by Gasteiger charge is 2.10. The third-order valence-corrected chi connectivity index (χ3v) is 4.54. The molecule has 3 N–H and O–H groups in total. The fraction of sp³-hybridized carbons (Fsp3) is 0.0769. The first kappa shape index (κ1) is 12.1. The zero-order valence-corrected chi connectivity index (χ0v) is 11.9. The second-order valence-electron chi connectivity index (χ2n) is 3.92. The van der Waals surface area contributed by atoms with Gasteiger partial charge in [-0.3, -0.25) is 0 Å². The predicted octanol–water partition coefficient (Wildman–Crippen LogP) is 3.56. The number of nitrogens with zero attached hydrogens (tertiary/aromatic N) is 2. The van der Waals surface area contributed by atoms with E-state index in [1.54, 1.807) is 28.9 Å². The first-order valence-electron chi connectivity index (χ1n) is 5.71. The second kappa shape index (κ2) is 4.99. The van der Waals surface area contributed by atoms with Gasteiger partial charge in [-0.1, -0.05) is 0 Å². The molecule has 0 aromatic carbocycles. The summed E-state index contributed by atoms with van der Waals surface area (Å²) in [6.45, 7) is 0. The fourth-order valence-electron chi connectivity index (χ4n) is 1.76. The molecule has 3 heterocycles. The van der Waals surface area contributed by atoms with Gasteiger partial charge in [0.1, 0.15) is 5.82 Å². The Kier molecular flexibility index (Phi) is 3.18. The summed E-state index contributed by atoms with van der Waals surface area (Å²) in [7, 11) is 1.87. The van der Waals surface area contributed by atoms with Gasteiger partial charge in [-0.25, -0.2) is 9.97 Å². The van der Waals surface area contributed by atoms with Crippen LogP contribution in [0.5, 0.6) is 0 Å². The molecule has 0 atom stereocenters. The van der Waals surface area contributed by atoms with Crippen molar-refractivity contribution in [2.45, 2.75) is 0 Å². The van der Waals surface area contributed by atoms with Crippen LogP contribution in [0.15, 0.2) is 35.2 Å². The smallest absolute Gasteiger partial charge is 0.182 e. The molecule has 0 radical (unpaired) electrons. The Bertz CT molecular complexity index is 702. The van der Waals surface area contributed by atoms with E-state index in [2.05, 4.69) is 26.7 Å². The average molecular weight is 288 g/mol. The van der Waals surface area contributed by atoms with Gasteiger partial charge < -0.3 is 11.1 Å². The van der Waals surface area contributed by atoms with Crippen LogP contribution in [-0.2, 0) is 0 Å². The molecule has 3 aromatic rings. The Morgan fingerprint density at radius 1 is 1.26 bits per heavy atom. The maximum absolute atomic E-state index is 5.90. The minimum atomic E-state index is 0.560. The van der Waals surface area contributed by atoms with Gasteiger partial charge in [-0.2, -0.15) is 0 Å². The van der Waals surface area contributed by atoms with E-state index in [0.717, 1.165) is 26.8 Å². The van der Waals surface area contributed by atoms with E-state index in [-0.39, 0.29) is 0 Å². The van der Waals surface area contributed by atoms with Crippen LogP contribution in [0.3, 0.4) is 0 Å². The Morgan fingerprint density at radius 2 is 2.16 bits per heavy atom. The van der Waals surface area contributed by atoms with Gasteiger partial charge in [0.05, 0.1) is 5.69 Å². The summed E-state index contributed by atoms with van der Waals surface area (Å²) in [5.74, 6) is 0.560. The summed E-state index contributed by atoms with van der Waals surface area (Å²) in [5, 5.41) is 8.10. The van der Waals surface area contributed by atoms with Crippen molar-refractivity contribution < 1.29 is 0 Å². The number of nitrogens with one attached hydrogen (secondary N) is 1. The van der Waals surface area contributed by atoms with E-state index in [1.807, 2.05) is 24.6 Å². The molecule has 0 spiro atoms. The summed E-state index contributed by atoms with van der Waals surface area (Å²) in [4.78, 5) is 9.72. The number of thiophene rings is 1. The maximum Gasteiger partial charge on any atom is 0.182 e. The van der Waals surface area contributed by atoms with E-state index in [4.69, 9.17) is 5.73 Å². The van der Waals surface area contributed by atoms with Gasteiger partial charge >= 0.3 is 0 Å². The fourth-order valence-corrected chi connectivity index (χ4v) is 3.38. The molecule has 0 aliphatic carbocycles. The van der Waals surface area contributed by atoms with E-state index in [0.29, 0.717) is 5.82 Å². The molecular formula is C13H12N4S2. The highest BCUT2D eigenvalue weighted by Crippen LogP contribution is 2.35. The SMILES string of the molecule is CNc1nc(-c2csc(-c3cccnc3N)c2)cs1. The number of thiazole rings is 1. The number of nitrogens with two attached hydrogens (primary N) is 1. The van der Waals surface area contributed by atoms with E-state index >= 15 is 0 Å². The lowest BCUT2D eigenvalue weighted by Gasteiger charge is -1.99. The van der Waals surface area contributed by atoms with Gasteiger partial charge in [0, 0.05) is 40.0 Å². The lowest BCUT2D eigenvalue weighted by atomic mass is 10.2. The van der Waals surface area contributed by atoms with Crippen molar-refractivity contribution in [1.82, 2.24) is 9.97 Å². The molecule has 0 saturated carbocycles. The molecule has 6 heteroatoms. The summed E-state index contributed by atoms with van der Waals surface area (Å²) in [5.41, 5.74) is 8.97. The largest absolute Gasteiger partial charge is 0.383 e.